The molecular weight excluding hydrogens is 601 g/mol. The van der Waals surface area contributed by atoms with Gasteiger partial charge in [0, 0.05) is 36.2 Å². The molecule has 0 saturated heterocycles. The number of hydrogen-bond donors (Lipinski definition) is 0. The molecule has 0 amide bonds. The SMILES string of the molecule is Cn1c(=O)n(C)c2cc(-c3ccc(-c4cc(-c5cc6c(c7ccccc57)-c5ccccc5C6(C)C)nc(-c5ccccc5)n4)cc3)ccc21. The lowest BCUT2D eigenvalue weighted by Gasteiger charge is -2.23. The van der Waals surface area contributed by atoms with Gasteiger partial charge in [-0.1, -0.05) is 123 Å². The summed E-state index contributed by atoms with van der Waals surface area (Å²) in [4.78, 5) is 22.9. The van der Waals surface area contributed by atoms with Crippen molar-refractivity contribution < 1.29 is 0 Å². The van der Waals surface area contributed by atoms with Crippen molar-refractivity contribution in [2.75, 3.05) is 0 Å². The molecule has 49 heavy (non-hydrogen) atoms. The lowest BCUT2D eigenvalue weighted by atomic mass is 9.81. The van der Waals surface area contributed by atoms with E-state index in [9.17, 15) is 4.79 Å². The van der Waals surface area contributed by atoms with Gasteiger partial charge in [0.25, 0.3) is 0 Å². The summed E-state index contributed by atoms with van der Waals surface area (Å²) in [6, 6.07) is 47.0. The molecule has 0 N–H and O–H groups in total. The van der Waals surface area contributed by atoms with E-state index >= 15 is 0 Å². The summed E-state index contributed by atoms with van der Waals surface area (Å²) in [5, 5.41) is 2.42. The van der Waals surface area contributed by atoms with Crippen molar-refractivity contribution in [3.63, 3.8) is 0 Å². The minimum Gasteiger partial charge on any atom is -0.295 e. The Hall–Kier alpha value is -6.07. The summed E-state index contributed by atoms with van der Waals surface area (Å²) in [7, 11) is 3.63. The van der Waals surface area contributed by atoms with Crippen LogP contribution in [-0.2, 0) is 19.5 Å². The lowest BCUT2D eigenvalue weighted by Crippen LogP contribution is -2.19. The number of hydrogen-bond acceptors (Lipinski definition) is 3. The van der Waals surface area contributed by atoms with E-state index in [-0.39, 0.29) is 11.1 Å². The smallest absolute Gasteiger partial charge is 0.295 e. The van der Waals surface area contributed by atoms with Crippen LogP contribution in [0.25, 0.3) is 78.0 Å². The van der Waals surface area contributed by atoms with Crippen LogP contribution in [0.1, 0.15) is 25.0 Å². The first-order chi connectivity index (χ1) is 23.8. The third-order valence-electron chi connectivity index (χ3n) is 10.4. The van der Waals surface area contributed by atoms with Gasteiger partial charge < -0.3 is 0 Å². The highest BCUT2D eigenvalue weighted by molar-refractivity contribution is 6.08. The van der Waals surface area contributed by atoms with Gasteiger partial charge >= 0.3 is 5.69 Å². The fourth-order valence-electron chi connectivity index (χ4n) is 7.73. The molecule has 0 aliphatic heterocycles. The molecule has 0 bridgehead atoms. The molecule has 236 valence electrons. The van der Waals surface area contributed by atoms with E-state index in [2.05, 4.69) is 123 Å². The zero-order chi connectivity index (χ0) is 33.4. The first-order valence-corrected chi connectivity index (χ1v) is 16.7. The highest BCUT2D eigenvalue weighted by atomic mass is 16.1. The monoisotopic (exact) mass is 634 g/mol. The number of rotatable bonds is 4. The van der Waals surface area contributed by atoms with E-state index in [1.165, 1.54) is 33.0 Å². The van der Waals surface area contributed by atoms with Gasteiger partial charge in [-0.15, -0.1) is 0 Å². The van der Waals surface area contributed by atoms with Gasteiger partial charge in [0.2, 0.25) is 0 Å². The Morgan fingerprint density at radius 2 is 1.14 bits per heavy atom. The van der Waals surface area contributed by atoms with Crippen molar-refractivity contribution in [2.45, 2.75) is 19.3 Å². The molecule has 0 atom stereocenters. The normalized spacial score (nSPS) is 13.1. The van der Waals surface area contributed by atoms with Gasteiger partial charge in [-0.2, -0.15) is 0 Å². The second-order valence-corrected chi connectivity index (χ2v) is 13.6. The molecule has 2 aromatic heterocycles. The van der Waals surface area contributed by atoms with E-state index in [1.807, 2.05) is 38.4 Å². The van der Waals surface area contributed by atoms with Crippen LogP contribution in [0.2, 0.25) is 0 Å². The minimum atomic E-state index is -0.145. The van der Waals surface area contributed by atoms with Crippen molar-refractivity contribution in [3.8, 4) is 56.2 Å². The number of fused-ring (bicyclic) bond motifs is 6. The van der Waals surface area contributed by atoms with Crippen molar-refractivity contribution in [2.24, 2.45) is 14.1 Å². The van der Waals surface area contributed by atoms with Gasteiger partial charge in [0.05, 0.1) is 22.4 Å². The van der Waals surface area contributed by atoms with E-state index in [0.717, 1.165) is 50.2 Å². The molecule has 0 fully saturated rings. The molecule has 1 aliphatic carbocycles. The molecular formula is C44H34N4O. The molecule has 0 unspecified atom stereocenters. The molecule has 2 heterocycles. The van der Waals surface area contributed by atoms with E-state index in [4.69, 9.17) is 9.97 Å². The Balaban J connectivity index is 1.21. The Bertz CT molecular complexity index is 2660. The van der Waals surface area contributed by atoms with E-state index in [1.54, 1.807) is 9.13 Å². The van der Waals surface area contributed by atoms with E-state index in [0.29, 0.717) is 5.82 Å². The molecule has 0 spiro atoms. The number of aryl methyl sites for hydroxylation is 2. The molecule has 0 radical (unpaired) electrons. The Labute approximate surface area is 284 Å². The second kappa shape index (κ2) is 10.7. The van der Waals surface area contributed by atoms with Gasteiger partial charge in [-0.25, -0.2) is 14.8 Å². The average Bonchev–Trinajstić information content (AvgIpc) is 3.52. The van der Waals surface area contributed by atoms with Crippen LogP contribution in [0.3, 0.4) is 0 Å². The summed E-state index contributed by atoms with van der Waals surface area (Å²) in [6.07, 6.45) is 0. The third-order valence-corrected chi connectivity index (χ3v) is 10.4. The number of benzene rings is 6. The molecule has 8 aromatic rings. The highest BCUT2D eigenvalue weighted by Gasteiger charge is 2.37. The zero-order valence-corrected chi connectivity index (χ0v) is 27.9. The minimum absolute atomic E-state index is 0.0273. The molecule has 6 aromatic carbocycles. The summed E-state index contributed by atoms with van der Waals surface area (Å²) in [5.41, 5.74) is 14.0. The molecule has 5 heteroatoms. The topological polar surface area (TPSA) is 52.7 Å². The largest absolute Gasteiger partial charge is 0.328 e. The maximum atomic E-state index is 12.5. The predicted molar refractivity (Wildman–Crippen MR) is 201 cm³/mol. The van der Waals surface area contributed by atoms with Crippen molar-refractivity contribution in [3.05, 3.63) is 155 Å². The van der Waals surface area contributed by atoms with Gasteiger partial charge in [0.1, 0.15) is 0 Å². The number of aromatic nitrogens is 4. The Morgan fingerprint density at radius 3 is 1.94 bits per heavy atom. The molecule has 5 nitrogen and oxygen atoms in total. The maximum absolute atomic E-state index is 12.5. The van der Waals surface area contributed by atoms with Gasteiger partial charge in [0.15, 0.2) is 5.82 Å². The van der Waals surface area contributed by atoms with Crippen LogP contribution in [-0.4, -0.2) is 19.1 Å². The van der Waals surface area contributed by atoms with Crippen LogP contribution in [0.5, 0.6) is 0 Å². The summed E-state index contributed by atoms with van der Waals surface area (Å²) in [6.45, 7) is 4.65. The average molecular weight is 635 g/mol. The first-order valence-electron chi connectivity index (χ1n) is 16.7. The molecule has 1 aliphatic rings. The van der Waals surface area contributed by atoms with Gasteiger partial charge in [-0.3, -0.25) is 9.13 Å². The summed E-state index contributed by atoms with van der Waals surface area (Å²) >= 11 is 0. The van der Waals surface area contributed by atoms with Crippen LogP contribution in [0, 0.1) is 0 Å². The third kappa shape index (κ3) is 4.42. The zero-order valence-electron chi connectivity index (χ0n) is 27.9. The number of imidazole rings is 1. The fraction of sp³-hybridized carbons (Fsp3) is 0.114. The highest BCUT2D eigenvalue weighted by Crippen LogP contribution is 2.53. The molecule has 9 rings (SSSR count). The summed E-state index contributed by atoms with van der Waals surface area (Å²) < 4.78 is 3.38. The second-order valence-electron chi connectivity index (χ2n) is 13.6. The van der Waals surface area contributed by atoms with Crippen LogP contribution >= 0.6 is 0 Å². The van der Waals surface area contributed by atoms with Crippen LogP contribution in [0.15, 0.2) is 138 Å². The van der Waals surface area contributed by atoms with Gasteiger partial charge in [-0.05, 0) is 68.4 Å². The predicted octanol–water partition coefficient (Wildman–Crippen LogP) is 9.79. The lowest BCUT2D eigenvalue weighted by molar-refractivity contribution is 0.661. The Morgan fingerprint density at radius 1 is 0.510 bits per heavy atom. The van der Waals surface area contributed by atoms with E-state index < -0.39 is 0 Å². The Kier molecular flexibility index (Phi) is 6.37. The first kappa shape index (κ1) is 29.1. The maximum Gasteiger partial charge on any atom is 0.328 e. The standard InChI is InChI=1S/C44H34N4O/c1-44(2)35-17-11-10-16-33(35)41-32-15-9-8-14-31(32)34(25-36(41)44)38-26-37(45-42(46-38)29-12-6-5-7-13-29)28-20-18-27(19-21-28)30-22-23-39-40(24-30)48(4)43(49)47(39)3/h5-26H,1-4H3. The summed E-state index contributed by atoms with van der Waals surface area (Å²) in [5.74, 6) is 0.694. The number of nitrogens with zero attached hydrogens (tertiary/aromatic N) is 4. The quantitative estimate of drug-likeness (QED) is 0.194. The molecule has 0 saturated carbocycles. The van der Waals surface area contributed by atoms with Crippen molar-refractivity contribution in [1.82, 2.24) is 19.1 Å². The van der Waals surface area contributed by atoms with Crippen molar-refractivity contribution >= 4 is 21.8 Å². The van der Waals surface area contributed by atoms with Crippen LogP contribution < -0.4 is 5.69 Å². The fourth-order valence-corrected chi connectivity index (χ4v) is 7.73. The van der Waals surface area contributed by atoms with Crippen LogP contribution in [0.4, 0.5) is 0 Å². The van der Waals surface area contributed by atoms with Crippen molar-refractivity contribution in [1.29, 1.82) is 0 Å².